The van der Waals surface area contributed by atoms with Gasteiger partial charge in [-0.3, -0.25) is 0 Å². The summed E-state index contributed by atoms with van der Waals surface area (Å²) in [5.74, 6) is 0. The Balaban J connectivity index is 1.82. The number of rotatable bonds is 6. The average Bonchev–Trinajstić information content (AvgIpc) is 2.46. The molecule has 0 spiro atoms. The van der Waals surface area contributed by atoms with Crippen molar-refractivity contribution in [3.63, 3.8) is 0 Å². The highest BCUT2D eigenvalue weighted by Gasteiger charge is 2.17. The molecule has 1 aliphatic heterocycles. The lowest BCUT2D eigenvalue weighted by Crippen LogP contribution is -2.45. The standard InChI is InChI=1S/C16H26N2O/c1-3-18-9-5-8-16(12-18)17-11-14-6-4-7-15(10-14)13-19-2/h4,6-7,10,16-17H,3,5,8-9,11-13H2,1-2H3. The average molecular weight is 262 g/mol. The van der Waals surface area contributed by atoms with Crippen LogP contribution in [0.25, 0.3) is 0 Å². The molecule has 1 N–H and O–H groups in total. The van der Waals surface area contributed by atoms with E-state index in [2.05, 4.69) is 41.4 Å². The Morgan fingerprint density at radius 1 is 1.37 bits per heavy atom. The second-order valence-corrected chi connectivity index (χ2v) is 5.37. The second kappa shape index (κ2) is 7.63. The fourth-order valence-corrected chi connectivity index (χ4v) is 2.77. The third kappa shape index (κ3) is 4.60. The molecule has 0 aliphatic carbocycles. The van der Waals surface area contributed by atoms with Gasteiger partial charge in [-0.15, -0.1) is 0 Å². The van der Waals surface area contributed by atoms with Crippen LogP contribution in [0.5, 0.6) is 0 Å². The smallest absolute Gasteiger partial charge is 0.0713 e. The molecule has 1 unspecified atom stereocenters. The van der Waals surface area contributed by atoms with Gasteiger partial charge in [-0.25, -0.2) is 0 Å². The monoisotopic (exact) mass is 262 g/mol. The molecular weight excluding hydrogens is 236 g/mol. The van der Waals surface area contributed by atoms with Crippen molar-refractivity contribution < 1.29 is 4.74 Å². The van der Waals surface area contributed by atoms with Gasteiger partial charge in [-0.1, -0.05) is 31.2 Å². The van der Waals surface area contributed by atoms with Crippen molar-refractivity contribution in [2.24, 2.45) is 0 Å². The van der Waals surface area contributed by atoms with Gasteiger partial charge in [0.1, 0.15) is 0 Å². The minimum atomic E-state index is 0.639. The molecule has 0 bridgehead atoms. The Morgan fingerprint density at radius 2 is 2.21 bits per heavy atom. The van der Waals surface area contributed by atoms with Crippen LogP contribution in [0.3, 0.4) is 0 Å². The zero-order valence-corrected chi connectivity index (χ0v) is 12.2. The van der Waals surface area contributed by atoms with Crippen LogP contribution in [-0.4, -0.2) is 37.7 Å². The van der Waals surface area contributed by atoms with E-state index in [9.17, 15) is 0 Å². The zero-order valence-electron chi connectivity index (χ0n) is 12.2. The molecule has 1 heterocycles. The third-order valence-corrected chi connectivity index (χ3v) is 3.85. The molecule has 0 amide bonds. The first kappa shape index (κ1) is 14.5. The van der Waals surface area contributed by atoms with Crippen LogP contribution >= 0.6 is 0 Å². The molecule has 1 fully saturated rings. The molecule has 106 valence electrons. The number of methoxy groups -OCH3 is 1. The minimum absolute atomic E-state index is 0.639. The van der Waals surface area contributed by atoms with Crippen LogP contribution in [-0.2, 0) is 17.9 Å². The highest BCUT2D eigenvalue weighted by Crippen LogP contribution is 2.11. The van der Waals surface area contributed by atoms with E-state index in [-0.39, 0.29) is 0 Å². The second-order valence-electron chi connectivity index (χ2n) is 5.37. The fourth-order valence-electron chi connectivity index (χ4n) is 2.77. The number of nitrogens with one attached hydrogen (secondary N) is 1. The van der Waals surface area contributed by atoms with E-state index in [1.165, 1.54) is 43.6 Å². The van der Waals surface area contributed by atoms with Crippen molar-refractivity contribution in [1.29, 1.82) is 0 Å². The number of likely N-dealkylation sites (N-methyl/N-ethyl adjacent to an activating group) is 1. The fraction of sp³-hybridized carbons (Fsp3) is 0.625. The van der Waals surface area contributed by atoms with Gasteiger partial charge in [-0.05, 0) is 37.1 Å². The zero-order chi connectivity index (χ0) is 13.5. The maximum Gasteiger partial charge on any atom is 0.0713 e. The Hall–Kier alpha value is -0.900. The summed E-state index contributed by atoms with van der Waals surface area (Å²) < 4.78 is 5.18. The molecule has 0 aromatic heterocycles. The number of likely N-dealkylation sites (tertiary alicyclic amines) is 1. The normalized spacial score (nSPS) is 20.6. The molecule has 1 atom stereocenters. The third-order valence-electron chi connectivity index (χ3n) is 3.85. The molecule has 1 aromatic carbocycles. The highest BCUT2D eigenvalue weighted by molar-refractivity contribution is 5.22. The summed E-state index contributed by atoms with van der Waals surface area (Å²) in [5, 5.41) is 3.69. The topological polar surface area (TPSA) is 24.5 Å². The van der Waals surface area contributed by atoms with E-state index in [1.54, 1.807) is 7.11 Å². The summed E-state index contributed by atoms with van der Waals surface area (Å²) in [6, 6.07) is 9.29. The molecule has 0 radical (unpaired) electrons. The lowest BCUT2D eigenvalue weighted by Gasteiger charge is -2.32. The molecule has 1 aliphatic rings. The number of hydrogen-bond acceptors (Lipinski definition) is 3. The predicted molar refractivity (Wildman–Crippen MR) is 79.1 cm³/mol. The summed E-state index contributed by atoms with van der Waals surface area (Å²) in [6.45, 7) is 7.52. The summed E-state index contributed by atoms with van der Waals surface area (Å²) in [6.07, 6.45) is 2.61. The van der Waals surface area contributed by atoms with Gasteiger partial charge in [0, 0.05) is 26.2 Å². The number of piperidine rings is 1. The molecule has 0 saturated carbocycles. The van der Waals surface area contributed by atoms with Gasteiger partial charge in [0.05, 0.1) is 6.61 Å². The van der Waals surface area contributed by atoms with Crippen LogP contribution in [0.1, 0.15) is 30.9 Å². The van der Waals surface area contributed by atoms with Crippen LogP contribution in [0.15, 0.2) is 24.3 Å². The van der Waals surface area contributed by atoms with Gasteiger partial charge in [0.2, 0.25) is 0 Å². The van der Waals surface area contributed by atoms with Crippen LogP contribution in [0.2, 0.25) is 0 Å². The van der Waals surface area contributed by atoms with E-state index < -0.39 is 0 Å². The first-order valence-corrected chi connectivity index (χ1v) is 7.34. The highest BCUT2D eigenvalue weighted by atomic mass is 16.5. The molecule has 1 aromatic rings. The molecule has 1 saturated heterocycles. The van der Waals surface area contributed by atoms with E-state index in [0.717, 1.165) is 6.54 Å². The van der Waals surface area contributed by atoms with E-state index >= 15 is 0 Å². The first-order chi connectivity index (χ1) is 9.31. The van der Waals surface area contributed by atoms with Crippen molar-refractivity contribution in [3.05, 3.63) is 35.4 Å². The number of hydrogen-bond donors (Lipinski definition) is 1. The molecule has 19 heavy (non-hydrogen) atoms. The van der Waals surface area contributed by atoms with Gasteiger partial charge < -0.3 is 15.0 Å². The maximum absolute atomic E-state index is 5.18. The van der Waals surface area contributed by atoms with Crippen molar-refractivity contribution >= 4 is 0 Å². The lowest BCUT2D eigenvalue weighted by molar-refractivity contribution is 0.184. The Bertz CT molecular complexity index is 381. The van der Waals surface area contributed by atoms with Gasteiger partial charge in [0.15, 0.2) is 0 Å². The van der Waals surface area contributed by atoms with Crippen LogP contribution < -0.4 is 5.32 Å². The van der Waals surface area contributed by atoms with Crippen molar-refractivity contribution in [2.45, 2.75) is 39.0 Å². The largest absolute Gasteiger partial charge is 0.380 e. The van der Waals surface area contributed by atoms with Crippen molar-refractivity contribution in [2.75, 3.05) is 26.7 Å². The Kier molecular flexibility index (Phi) is 5.83. The number of benzene rings is 1. The minimum Gasteiger partial charge on any atom is -0.380 e. The molecule has 2 rings (SSSR count). The predicted octanol–water partition coefficient (Wildman–Crippen LogP) is 2.41. The quantitative estimate of drug-likeness (QED) is 0.852. The van der Waals surface area contributed by atoms with Crippen LogP contribution in [0, 0.1) is 0 Å². The number of nitrogens with zero attached hydrogens (tertiary/aromatic N) is 1. The van der Waals surface area contributed by atoms with Crippen molar-refractivity contribution in [3.8, 4) is 0 Å². The van der Waals surface area contributed by atoms with Crippen molar-refractivity contribution in [1.82, 2.24) is 10.2 Å². The molecular formula is C16H26N2O. The summed E-state index contributed by atoms with van der Waals surface area (Å²) in [4.78, 5) is 2.53. The number of ether oxygens (including phenoxy) is 1. The SMILES string of the molecule is CCN1CCCC(NCc2cccc(COC)c2)C1. The van der Waals surface area contributed by atoms with E-state index in [0.29, 0.717) is 12.6 Å². The lowest BCUT2D eigenvalue weighted by atomic mass is 10.0. The maximum atomic E-state index is 5.18. The van der Waals surface area contributed by atoms with Gasteiger partial charge in [0.25, 0.3) is 0 Å². The van der Waals surface area contributed by atoms with Crippen LogP contribution in [0.4, 0.5) is 0 Å². The summed E-state index contributed by atoms with van der Waals surface area (Å²) >= 11 is 0. The Labute approximate surface area is 116 Å². The van der Waals surface area contributed by atoms with E-state index in [4.69, 9.17) is 4.74 Å². The first-order valence-electron chi connectivity index (χ1n) is 7.34. The molecule has 3 nitrogen and oxygen atoms in total. The summed E-state index contributed by atoms with van der Waals surface area (Å²) in [7, 11) is 1.74. The summed E-state index contributed by atoms with van der Waals surface area (Å²) in [5.41, 5.74) is 2.60. The van der Waals surface area contributed by atoms with Gasteiger partial charge >= 0.3 is 0 Å². The van der Waals surface area contributed by atoms with E-state index in [1.807, 2.05) is 0 Å². The Morgan fingerprint density at radius 3 is 3.00 bits per heavy atom. The van der Waals surface area contributed by atoms with Gasteiger partial charge in [-0.2, -0.15) is 0 Å². The molecule has 3 heteroatoms.